The summed E-state index contributed by atoms with van der Waals surface area (Å²) in [7, 11) is -3.61. The first-order valence-electron chi connectivity index (χ1n) is 7.76. The van der Waals surface area contributed by atoms with Crippen LogP contribution < -0.4 is 4.72 Å². The van der Waals surface area contributed by atoms with Gasteiger partial charge in [0.05, 0.1) is 5.75 Å². The number of amides is 1. The van der Waals surface area contributed by atoms with Gasteiger partial charge >= 0.3 is 6.09 Å². The van der Waals surface area contributed by atoms with Gasteiger partial charge in [-0.15, -0.1) is 0 Å². The minimum absolute atomic E-state index is 0.261. The lowest BCUT2D eigenvalue weighted by molar-refractivity contribution is 0.0292. The molecule has 134 valence electrons. The third-order valence-corrected chi connectivity index (χ3v) is 4.84. The number of carbonyl (C=O) groups excluding carboxylic acids is 1. The van der Waals surface area contributed by atoms with Gasteiger partial charge in [0.15, 0.2) is 0 Å². The first kappa shape index (κ1) is 18.7. The smallest absolute Gasteiger partial charge is 0.410 e. The normalized spacial score (nSPS) is 18.7. The maximum atomic E-state index is 13.1. The van der Waals surface area contributed by atoms with E-state index >= 15 is 0 Å². The molecule has 1 heterocycles. The van der Waals surface area contributed by atoms with Crippen LogP contribution in [0.5, 0.6) is 0 Å². The Balaban J connectivity index is 1.91. The van der Waals surface area contributed by atoms with Crippen LogP contribution in [-0.2, 0) is 20.5 Å². The van der Waals surface area contributed by atoms with Gasteiger partial charge in [0.25, 0.3) is 0 Å². The summed E-state index contributed by atoms with van der Waals surface area (Å²) in [6.45, 7) is 6.03. The van der Waals surface area contributed by atoms with Gasteiger partial charge in [-0.1, -0.05) is 12.1 Å². The molecule has 1 fully saturated rings. The Labute approximate surface area is 142 Å². The molecule has 0 saturated carbocycles. The molecule has 6 nitrogen and oxygen atoms in total. The lowest BCUT2D eigenvalue weighted by atomic mass is 10.2. The number of carbonyl (C=O) groups is 1. The number of rotatable bonds is 4. The minimum atomic E-state index is -3.61. The van der Waals surface area contributed by atoms with Crippen molar-refractivity contribution in [2.75, 3.05) is 13.1 Å². The Hall–Kier alpha value is -1.67. The van der Waals surface area contributed by atoms with E-state index in [1.54, 1.807) is 26.8 Å². The predicted octanol–water partition coefficient (Wildman–Crippen LogP) is 2.25. The van der Waals surface area contributed by atoms with Gasteiger partial charge in [0.1, 0.15) is 11.4 Å². The Morgan fingerprint density at radius 2 is 2.12 bits per heavy atom. The molecule has 1 atom stereocenters. The first-order chi connectivity index (χ1) is 11.0. The fourth-order valence-electron chi connectivity index (χ4n) is 2.49. The predicted molar refractivity (Wildman–Crippen MR) is 88.4 cm³/mol. The van der Waals surface area contributed by atoms with Gasteiger partial charge in [-0.3, -0.25) is 0 Å². The van der Waals surface area contributed by atoms with Crippen molar-refractivity contribution in [3.63, 3.8) is 0 Å². The molecule has 0 aliphatic carbocycles. The van der Waals surface area contributed by atoms with E-state index in [9.17, 15) is 17.6 Å². The Bertz CT molecular complexity index is 700. The van der Waals surface area contributed by atoms with Crippen LogP contribution in [0.2, 0.25) is 0 Å². The van der Waals surface area contributed by atoms with E-state index in [1.165, 1.54) is 23.1 Å². The van der Waals surface area contributed by atoms with Gasteiger partial charge < -0.3 is 9.64 Å². The van der Waals surface area contributed by atoms with Crippen LogP contribution in [0.4, 0.5) is 9.18 Å². The number of nitrogens with one attached hydrogen (secondary N) is 1. The molecule has 0 radical (unpaired) electrons. The molecule has 0 aromatic heterocycles. The number of ether oxygens (including phenoxy) is 1. The number of halogens is 1. The largest absolute Gasteiger partial charge is 0.444 e. The summed E-state index contributed by atoms with van der Waals surface area (Å²) < 4.78 is 45.4. The topological polar surface area (TPSA) is 75.7 Å². The van der Waals surface area contributed by atoms with Crippen LogP contribution in [-0.4, -0.2) is 44.1 Å². The molecular weight excluding hydrogens is 335 g/mol. The molecule has 1 N–H and O–H groups in total. The monoisotopic (exact) mass is 358 g/mol. The molecule has 0 bridgehead atoms. The van der Waals surface area contributed by atoms with Crippen molar-refractivity contribution in [2.45, 2.75) is 44.6 Å². The van der Waals surface area contributed by atoms with Gasteiger partial charge in [0, 0.05) is 19.1 Å². The third kappa shape index (κ3) is 5.76. The van der Waals surface area contributed by atoms with Crippen LogP contribution in [0.1, 0.15) is 32.8 Å². The van der Waals surface area contributed by atoms with Crippen LogP contribution in [0, 0.1) is 5.82 Å². The highest BCUT2D eigenvalue weighted by atomic mass is 32.2. The molecule has 2 rings (SSSR count). The number of hydrogen-bond acceptors (Lipinski definition) is 4. The SMILES string of the molecule is CC(C)(C)OC(=O)N1CC[C@H](NS(=O)(=O)Cc2cccc(F)c2)C1. The summed E-state index contributed by atoms with van der Waals surface area (Å²) in [6.07, 6.45) is 0.0658. The van der Waals surface area contributed by atoms with Crippen LogP contribution in [0.25, 0.3) is 0 Å². The first-order valence-corrected chi connectivity index (χ1v) is 9.42. The minimum Gasteiger partial charge on any atom is -0.444 e. The summed E-state index contributed by atoms with van der Waals surface area (Å²) >= 11 is 0. The van der Waals surface area contributed by atoms with E-state index in [2.05, 4.69) is 4.72 Å². The Morgan fingerprint density at radius 1 is 1.42 bits per heavy atom. The number of nitrogens with zero attached hydrogens (tertiary/aromatic N) is 1. The zero-order chi connectivity index (χ0) is 18.0. The molecule has 1 saturated heterocycles. The highest BCUT2D eigenvalue weighted by molar-refractivity contribution is 7.88. The average Bonchev–Trinajstić information content (AvgIpc) is 2.83. The van der Waals surface area contributed by atoms with E-state index in [-0.39, 0.29) is 18.3 Å². The van der Waals surface area contributed by atoms with Gasteiger partial charge in [-0.25, -0.2) is 22.3 Å². The van der Waals surface area contributed by atoms with E-state index < -0.39 is 27.5 Å². The number of likely N-dealkylation sites (tertiary alicyclic amines) is 1. The summed E-state index contributed by atoms with van der Waals surface area (Å²) in [4.78, 5) is 13.5. The van der Waals surface area contributed by atoms with Crippen LogP contribution in [0.15, 0.2) is 24.3 Å². The van der Waals surface area contributed by atoms with Crippen molar-refractivity contribution in [2.24, 2.45) is 0 Å². The lowest BCUT2D eigenvalue weighted by Crippen LogP contribution is -2.40. The van der Waals surface area contributed by atoms with E-state index in [1.807, 2.05) is 0 Å². The van der Waals surface area contributed by atoms with E-state index in [4.69, 9.17) is 4.74 Å². The zero-order valence-electron chi connectivity index (χ0n) is 14.1. The standard InChI is InChI=1S/C16H23FN2O4S/c1-16(2,3)23-15(20)19-8-7-14(10-19)18-24(21,22)11-12-5-4-6-13(17)9-12/h4-6,9,14,18H,7-8,10-11H2,1-3H3/t14-/m0/s1. The summed E-state index contributed by atoms with van der Waals surface area (Å²) in [5.41, 5.74) is -0.212. The summed E-state index contributed by atoms with van der Waals surface area (Å²) in [5.74, 6) is -0.770. The highest BCUT2D eigenvalue weighted by Gasteiger charge is 2.31. The molecule has 1 aromatic rings. The van der Waals surface area contributed by atoms with Crippen molar-refractivity contribution < 1.29 is 22.3 Å². The maximum absolute atomic E-state index is 13.1. The molecule has 1 aliphatic rings. The Kier molecular flexibility index (Phi) is 5.49. The van der Waals surface area contributed by atoms with Gasteiger partial charge in [0.2, 0.25) is 10.0 Å². The van der Waals surface area contributed by atoms with Crippen molar-refractivity contribution in [1.82, 2.24) is 9.62 Å². The summed E-state index contributed by atoms with van der Waals surface area (Å²) in [5, 5.41) is 0. The molecule has 1 aliphatic heterocycles. The number of benzene rings is 1. The highest BCUT2D eigenvalue weighted by Crippen LogP contribution is 2.16. The molecular formula is C16H23FN2O4S. The van der Waals surface area contributed by atoms with Crippen LogP contribution >= 0.6 is 0 Å². The molecule has 8 heteroatoms. The fraction of sp³-hybridized carbons (Fsp3) is 0.562. The molecule has 0 unspecified atom stereocenters. The fourth-order valence-corrected chi connectivity index (χ4v) is 3.89. The second-order valence-electron chi connectivity index (χ2n) is 6.92. The van der Waals surface area contributed by atoms with Gasteiger partial charge in [-0.05, 0) is 44.9 Å². The van der Waals surface area contributed by atoms with E-state index in [0.717, 1.165) is 0 Å². The molecule has 24 heavy (non-hydrogen) atoms. The lowest BCUT2D eigenvalue weighted by Gasteiger charge is -2.24. The van der Waals surface area contributed by atoms with Crippen molar-refractivity contribution in [3.05, 3.63) is 35.6 Å². The molecule has 0 spiro atoms. The maximum Gasteiger partial charge on any atom is 0.410 e. The van der Waals surface area contributed by atoms with Crippen molar-refractivity contribution in [3.8, 4) is 0 Å². The average molecular weight is 358 g/mol. The quantitative estimate of drug-likeness (QED) is 0.896. The van der Waals surface area contributed by atoms with Gasteiger partial charge in [-0.2, -0.15) is 0 Å². The molecule has 1 amide bonds. The van der Waals surface area contributed by atoms with Crippen molar-refractivity contribution >= 4 is 16.1 Å². The van der Waals surface area contributed by atoms with E-state index in [0.29, 0.717) is 18.5 Å². The number of hydrogen-bond donors (Lipinski definition) is 1. The van der Waals surface area contributed by atoms with Crippen LogP contribution in [0.3, 0.4) is 0 Å². The molecule has 1 aromatic carbocycles. The second kappa shape index (κ2) is 7.06. The third-order valence-electron chi connectivity index (χ3n) is 3.43. The Morgan fingerprint density at radius 3 is 2.75 bits per heavy atom. The summed E-state index contributed by atoms with van der Waals surface area (Å²) in [6, 6.07) is 5.13. The zero-order valence-corrected chi connectivity index (χ0v) is 14.9. The second-order valence-corrected chi connectivity index (χ2v) is 8.67. The number of sulfonamides is 1. The van der Waals surface area contributed by atoms with Crippen molar-refractivity contribution in [1.29, 1.82) is 0 Å².